The molecule has 2 aliphatic carbocycles. The van der Waals surface area contributed by atoms with E-state index in [0.717, 1.165) is 18.5 Å². The van der Waals surface area contributed by atoms with Crippen LogP contribution in [0.15, 0.2) is 24.5 Å². The monoisotopic (exact) mass is 245 g/mol. The summed E-state index contributed by atoms with van der Waals surface area (Å²) in [5, 5.41) is 0. The van der Waals surface area contributed by atoms with E-state index in [-0.39, 0.29) is 17.9 Å². The molecule has 0 aromatic carbocycles. The SMILES string of the molecule is CN(C(=O)C1C2CCC(C2)C1N)c1cccnc1. The van der Waals surface area contributed by atoms with E-state index in [0.29, 0.717) is 11.8 Å². The van der Waals surface area contributed by atoms with Crippen LogP contribution < -0.4 is 10.6 Å². The molecule has 4 heteroatoms. The molecular weight excluding hydrogens is 226 g/mol. The van der Waals surface area contributed by atoms with E-state index in [1.165, 1.54) is 6.42 Å². The lowest BCUT2D eigenvalue weighted by Crippen LogP contribution is -2.46. The molecule has 1 aromatic rings. The van der Waals surface area contributed by atoms with Crippen LogP contribution in [0.1, 0.15) is 19.3 Å². The van der Waals surface area contributed by atoms with Gasteiger partial charge in [0, 0.05) is 19.3 Å². The van der Waals surface area contributed by atoms with Crippen LogP contribution in [0.2, 0.25) is 0 Å². The van der Waals surface area contributed by atoms with E-state index in [2.05, 4.69) is 4.98 Å². The third-order valence-electron chi connectivity index (χ3n) is 4.63. The number of hydrogen-bond donors (Lipinski definition) is 1. The van der Waals surface area contributed by atoms with Crippen molar-refractivity contribution in [3.8, 4) is 0 Å². The molecule has 0 saturated heterocycles. The van der Waals surface area contributed by atoms with Crippen molar-refractivity contribution < 1.29 is 4.79 Å². The smallest absolute Gasteiger partial charge is 0.231 e. The van der Waals surface area contributed by atoms with Crippen molar-refractivity contribution in [2.24, 2.45) is 23.5 Å². The van der Waals surface area contributed by atoms with Crippen molar-refractivity contribution in [3.05, 3.63) is 24.5 Å². The summed E-state index contributed by atoms with van der Waals surface area (Å²) in [7, 11) is 1.82. The van der Waals surface area contributed by atoms with Gasteiger partial charge in [0.1, 0.15) is 0 Å². The van der Waals surface area contributed by atoms with Gasteiger partial charge in [0.2, 0.25) is 5.91 Å². The summed E-state index contributed by atoms with van der Waals surface area (Å²) in [5.41, 5.74) is 7.06. The molecule has 1 heterocycles. The van der Waals surface area contributed by atoms with Crippen LogP contribution in [0, 0.1) is 17.8 Å². The molecule has 2 aliphatic rings. The summed E-state index contributed by atoms with van der Waals surface area (Å²) in [6.45, 7) is 0. The normalized spacial score (nSPS) is 33.7. The lowest BCUT2D eigenvalue weighted by atomic mass is 9.84. The zero-order valence-electron chi connectivity index (χ0n) is 10.6. The van der Waals surface area contributed by atoms with Crippen LogP contribution in [0.25, 0.3) is 0 Å². The second-order valence-corrected chi connectivity index (χ2v) is 5.54. The number of anilines is 1. The van der Waals surface area contributed by atoms with Crippen LogP contribution in [0.5, 0.6) is 0 Å². The van der Waals surface area contributed by atoms with Gasteiger partial charge in [-0.1, -0.05) is 0 Å². The maximum Gasteiger partial charge on any atom is 0.231 e. The lowest BCUT2D eigenvalue weighted by molar-refractivity contribution is -0.124. The van der Waals surface area contributed by atoms with Gasteiger partial charge in [0.25, 0.3) is 0 Å². The summed E-state index contributed by atoms with van der Waals surface area (Å²) in [6, 6.07) is 3.80. The highest BCUT2D eigenvalue weighted by atomic mass is 16.2. The summed E-state index contributed by atoms with van der Waals surface area (Å²) in [4.78, 5) is 18.3. The van der Waals surface area contributed by atoms with Gasteiger partial charge in [-0.05, 0) is 43.2 Å². The van der Waals surface area contributed by atoms with E-state index in [1.54, 1.807) is 17.3 Å². The number of nitrogens with zero attached hydrogens (tertiary/aromatic N) is 2. The average molecular weight is 245 g/mol. The molecule has 2 bridgehead atoms. The zero-order chi connectivity index (χ0) is 12.7. The van der Waals surface area contributed by atoms with Crippen molar-refractivity contribution in [3.63, 3.8) is 0 Å². The molecular formula is C14H19N3O. The average Bonchev–Trinajstić information content (AvgIpc) is 2.99. The molecule has 4 atom stereocenters. The summed E-state index contributed by atoms with van der Waals surface area (Å²) >= 11 is 0. The van der Waals surface area contributed by atoms with Crippen LogP contribution >= 0.6 is 0 Å². The van der Waals surface area contributed by atoms with Crippen molar-refractivity contribution >= 4 is 11.6 Å². The highest BCUT2D eigenvalue weighted by Gasteiger charge is 2.49. The second kappa shape index (κ2) is 4.35. The first-order valence-electron chi connectivity index (χ1n) is 6.61. The molecule has 1 aromatic heterocycles. The zero-order valence-corrected chi connectivity index (χ0v) is 10.6. The Labute approximate surface area is 107 Å². The highest BCUT2D eigenvalue weighted by molar-refractivity contribution is 5.95. The molecule has 0 radical (unpaired) electrons. The van der Waals surface area contributed by atoms with Crippen molar-refractivity contribution in [1.82, 2.24) is 4.98 Å². The second-order valence-electron chi connectivity index (χ2n) is 5.54. The molecule has 0 aliphatic heterocycles. The molecule has 18 heavy (non-hydrogen) atoms. The third-order valence-corrected chi connectivity index (χ3v) is 4.63. The first kappa shape index (κ1) is 11.7. The van der Waals surface area contributed by atoms with Crippen LogP contribution in [0.4, 0.5) is 5.69 Å². The molecule has 2 saturated carbocycles. The fourth-order valence-electron chi connectivity index (χ4n) is 3.61. The molecule has 1 amide bonds. The molecule has 96 valence electrons. The van der Waals surface area contributed by atoms with E-state index >= 15 is 0 Å². The minimum Gasteiger partial charge on any atom is -0.327 e. The minimum absolute atomic E-state index is 0.00829. The molecule has 3 rings (SSSR count). The van der Waals surface area contributed by atoms with Gasteiger partial charge >= 0.3 is 0 Å². The Morgan fingerprint density at radius 1 is 1.44 bits per heavy atom. The quantitative estimate of drug-likeness (QED) is 0.857. The van der Waals surface area contributed by atoms with E-state index < -0.39 is 0 Å². The maximum atomic E-state index is 12.6. The number of hydrogen-bond acceptors (Lipinski definition) is 3. The summed E-state index contributed by atoms with van der Waals surface area (Å²) < 4.78 is 0. The number of fused-ring (bicyclic) bond motifs is 2. The number of aromatic nitrogens is 1. The van der Waals surface area contributed by atoms with Gasteiger partial charge in [0.15, 0.2) is 0 Å². The van der Waals surface area contributed by atoms with Crippen molar-refractivity contribution in [2.75, 3.05) is 11.9 Å². The fourth-order valence-corrected chi connectivity index (χ4v) is 3.61. The number of carbonyl (C=O) groups is 1. The number of amides is 1. The topological polar surface area (TPSA) is 59.2 Å². The van der Waals surface area contributed by atoms with E-state index in [4.69, 9.17) is 5.73 Å². The Morgan fingerprint density at radius 2 is 2.22 bits per heavy atom. The fraction of sp³-hybridized carbons (Fsp3) is 0.571. The van der Waals surface area contributed by atoms with Crippen LogP contribution in [-0.2, 0) is 4.79 Å². The number of carbonyl (C=O) groups excluding carboxylic acids is 1. The predicted molar refractivity (Wildman–Crippen MR) is 69.9 cm³/mol. The van der Waals surface area contributed by atoms with Crippen molar-refractivity contribution in [2.45, 2.75) is 25.3 Å². The van der Waals surface area contributed by atoms with Crippen molar-refractivity contribution in [1.29, 1.82) is 0 Å². The van der Waals surface area contributed by atoms with Gasteiger partial charge in [-0.3, -0.25) is 9.78 Å². The third kappa shape index (κ3) is 1.72. The Hall–Kier alpha value is -1.42. The lowest BCUT2D eigenvalue weighted by Gasteiger charge is -2.30. The molecule has 0 spiro atoms. The maximum absolute atomic E-state index is 12.6. The minimum atomic E-state index is 0.00829. The molecule has 4 unspecified atom stereocenters. The number of rotatable bonds is 2. The highest BCUT2D eigenvalue weighted by Crippen LogP contribution is 2.48. The van der Waals surface area contributed by atoms with Gasteiger partial charge < -0.3 is 10.6 Å². The Balaban J connectivity index is 1.79. The van der Waals surface area contributed by atoms with E-state index in [9.17, 15) is 4.79 Å². The Morgan fingerprint density at radius 3 is 2.83 bits per heavy atom. The van der Waals surface area contributed by atoms with Gasteiger partial charge in [-0.15, -0.1) is 0 Å². The first-order valence-corrected chi connectivity index (χ1v) is 6.61. The van der Waals surface area contributed by atoms with Crippen LogP contribution in [-0.4, -0.2) is 24.0 Å². The predicted octanol–water partition coefficient (Wildman–Crippen LogP) is 1.42. The van der Waals surface area contributed by atoms with Crippen LogP contribution in [0.3, 0.4) is 0 Å². The standard InChI is InChI=1S/C14H19N3O/c1-17(11-3-2-6-16-8-11)14(18)12-9-4-5-10(7-9)13(12)15/h2-3,6,8-10,12-13H,4-5,7,15H2,1H3. The van der Waals surface area contributed by atoms with E-state index in [1.807, 2.05) is 19.2 Å². The molecule has 4 nitrogen and oxygen atoms in total. The largest absolute Gasteiger partial charge is 0.327 e. The first-order chi connectivity index (χ1) is 8.68. The Kier molecular flexibility index (Phi) is 2.82. The number of nitrogens with two attached hydrogens (primary N) is 1. The van der Waals surface area contributed by atoms with Gasteiger partial charge in [-0.2, -0.15) is 0 Å². The molecule has 2 fully saturated rings. The molecule has 2 N–H and O–H groups in total. The van der Waals surface area contributed by atoms with Gasteiger partial charge in [-0.25, -0.2) is 0 Å². The summed E-state index contributed by atoms with van der Waals surface area (Å²) in [6.07, 6.45) is 6.93. The Bertz CT molecular complexity index is 446. The summed E-state index contributed by atoms with van der Waals surface area (Å²) in [5.74, 6) is 1.22. The number of pyridine rings is 1. The van der Waals surface area contributed by atoms with Gasteiger partial charge in [0.05, 0.1) is 17.8 Å².